The van der Waals surface area contributed by atoms with Crippen LogP contribution in [0.5, 0.6) is 5.75 Å². The van der Waals surface area contributed by atoms with E-state index in [1.807, 2.05) is 47.4 Å². The molecule has 0 radical (unpaired) electrons. The van der Waals surface area contributed by atoms with Crippen molar-refractivity contribution in [1.29, 1.82) is 0 Å². The molecule has 31 heavy (non-hydrogen) atoms. The topological polar surface area (TPSA) is 60.0 Å². The minimum atomic E-state index is -0.358. The van der Waals surface area contributed by atoms with Gasteiger partial charge in [0, 0.05) is 38.6 Å². The Hall–Kier alpha value is -3.09. The standard InChI is InChI=1S/C25H28N2O4/c1-29-15-7-14-27-24(26-21-11-6-5-10-20(21)25(27)28)23-19-9-4-3-8-18(19)12-13-22(23)31-17-16-30-2/h3-6,8-13,24,26H,7,14-17H2,1-2H3. The first-order chi connectivity index (χ1) is 15.2. The van der Waals surface area contributed by atoms with E-state index in [4.69, 9.17) is 14.2 Å². The van der Waals surface area contributed by atoms with E-state index in [0.29, 0.717) is 31.9 Å². The molecule has 0 aliphatic carbocycles. The summed E-state index contributed by atoms with van der Waals surface area (Å²) in [6.07, 6.45) is 0.385. The number of amides is 1. The Bertz CT molecular complexity index is 1050. The molecule has 3 aromatic carbocycles. The second kappa shape index (κ2) is 9.81. The highest BCUT2D eigenvalue weighted by atomic mass is 16.5. The second-order valence-corrected chi connectivity index (χ2v) is 7.48. The summed E-state index contributed by atoms with van der Waals surface area (Å²) >= 11 is 0. The van der Waals surface area contributed by atoms with Gasteiger partial charge in [0.15, 0.2) is 0 Å². The number of nitrogens with one attached hydrogen (secondary N) is 1. The number of carbonyl (C=O) groups excluding carboxylic acids is 1. The number of anilines is 1. The highest BCUT2D eigenvalue weighted by molar-refractivity contribution is 6.02. The monoisotopic (exact) mass is 420 g/mol. The summed E-state index contributed by atoms with van der Waals surface area (Å²) in [6, 6.07) is 19.9. The van der Waals surface area contributed by atoms with Crippen LogP contribution in [0.2, 0.25) is 0 Å². The van der Waals surface area contributed by atoms with Crippen molar-refractivity contribution < 1.29 is 19.0 Å². The summed E-state index contributed by atoms with van der Waals surface area (Å²) in [5.41, 5.74) is 2.46. The third-order valence-electron chi connectivity index (χ3n) is 5.52. The number of para-hydroxylation sites is 1. The number of ether oxygens (including phenoxy) is 3. The van der Waals surface area contributed by atoms with Crippen molar-refractivity contribution in [2.75, 3.05) is 45.9 Å². The molecule has 6 heteroatoms. The number of nitrogens with zero attached hydrogens (tertiary/aromatic N) is 1. The van der Waals surface area contributed by atoms with Gasteiger partial charge in [-0.2, -0.15) is 0 Å². The number of methoxy groups -OCH3 is 2. The second-order valence-electron chi connectivity index (χ2n) is 7.48. The number of fused-ring (bicyclic) bond motifs is 2. The SMILES string of the molecule is COCCCN1C(=O)c2ccccc2NC1c1c(OCCOC)ccc2ccccc12. The van der Waals surface area contributed by atoms with Gasteiger partial charge in [0.25, 0.3) is 5.91 Å². The molecule has 1 atom stereocenters. The summed E-state index contributed by atoms with van der Waals surface area (Å²) in [7, 11) is 3.33. The average molecular weight is 421 g/mol. The molecule has 1 N–H and O–H groups in total. The minimum absolute atomic E-state index is 0.00577. The van der Waals surface area contributed by atoms with Crippen molar-refractivity contribution in [3.8, 4) is 5.75 Å². The first-order valence-electron chi connectivity index (χ1n) is 10.5. The van der Waals surface area contributed by atoms with Crippen LogP contribution in [-0.2, 0) is 9.47 Å². The maximum atomic E-state index is 13.5. The number of hydrogen-bond acceptors (Lipinski definition) is 5. The predicted octanol–water partition coefficient (Wildman–Crippen LogP) is 4.47. The van der Waals surface area contributed by atoms with Gasteiger partial charge in [-0.1, -0.05) is 42.5 Å². The Kier molecular flexibility index (Phi) is 6.70. The molecule has 0 fully saturated rings. The zero-order valence-electron chi connectivity index (χ0n) is 18.0. The lowest BCUT2D eigenvalue weighted by Crippen LogP contribution is -2.44. The van der Waals surface area contributed by atoms with Crippen molar-refractivity contribution in [1.82, 2.24) is 4.90 Å². The summed E-state index contributed by atoms with van der Waals surface area (Å²) < 4.78 is 16.5. The van der Waals surface area contributed by atoms with Crippen LogP contribution in [0.1, 0.15) is 28.5 Å². The fourth-order valence-corrected chi connectivity index (χ4v) is 4.05. The fraction of sp³-hybridized carbons (Fsp3) is 0.320. The lowest BCUT2D eigenvalue weighted by Gasteiger charge is -2.39. The summed E-state index contributed by atoms with van der Waals surface area (Å²) in [4.78, 5) is 15.4. The summed E-state index contributed by atoms with van der Waals surface area (Å²) in [5, 5.41) is 5.75. The van der Waals surface area contributed by atoms with Gasteiger partial charge in [0.05, 0.1) is 12.2 Å². The van der Waals surface area contributed by atoms with Crippen molar-refractivity contribution >= 4 is 22.4 Å². The molecule has 1 aliphatic rings. The van der Waals surface area contributed by atoms with Crippen LogP contribution in [-0.4, -0.2) is 51.4 Å². The number of benzene rings is 3. The quantitative estimate of drug-likeness (QED) is 0.518. The van der Waals surface area contributed by atoms with E-state index >= 15 is 0 Å². The van der Waals surface area contributed by atoms with E-state index in [2.05, 4.69) is 23.5 Å². The van der Waals surface area contributed by atoms with Crippen LogP contribution in [0.25, 0.3) is 10.8 Å². The Morgan fingerprint density at radius 1 is 0.903 bits per heavy atom. The van der Waals surface area contributed by atoms with Crippen molar-refractivity contribution in [3.63, 3.8) is 0 Å². The molecule has 162 valence electrons. The third-order valence-corrected chi connectivity index (χ3v) is 5.52. The van der Waals surface area contributed by atoms with Gasteiger partial charge in [0.1, 0.15) is 18.5 Å². The summed E-state index contributed by atoms with van der Waals surface area (Å²) in [5.74, 6) is 0.753. The molecule has 4 rings (SSSR count). The van der Waals surface area contributed by atoms with E-state index < -0.39 is 0 Å². The zero-order chi connectivity index (χ0) is 21.6. The molecule has 0 saturated carbocycles. The van der Waals surface area contributed by atoms with Crippen LogP contribution in [0.15, 0.2) is 60.7 Å². The Morgan fingerprint density at radius 2 is 1.68 bits per heavy atom. The Balaban J connectivity index is 1.82. The molecule has 0 bridgehead atoms. The first-order valence-corrected chi connectivity index (χ1v) is 10.5. The highest BCUT2D eigenvalue weighted by Gasteiger charge is 2.35. The molecule has 3 aromatic rings. The van der Waals surface area contributed by atoms with Crippen LogP contribution in [0, 0.1) is 0 Å². The van der Waals surface area contributed by atoms with Crippen molar-refractivity contribution in [2.45, 2.75) is 12.6 Å². The molecule has 1 heterocycles. The maximum absolute atomic E-state index is 13.5. The number of carbonyl (C=O) groups is 1. The van der Waals surface area contributed by atoms with E-state index in [0.717, 1.165) is 34.2 Å². The predicted molar refractivity (Wildman–Crippen MR) is 122 cm³/mol. The van der Waals surface area contributed by atoms with Gasteiger partial charge >= 0.3 is 0 Å². The van der Waals surface area contributed by atoms with Gasteiger partial charge in [-0.25, -0.2) is 0 Å². The van der Waals surface area contributed by atoms with E-state index in [-0.39, 0.29) is 12.1 Å². The first kappa shape index (κ1) is 21.2. The molecule has 0 spiro atoms. The Labute approximate surface area is 182 Å². The van der Waals surface area contributed by atoms with Gasteiger partial charge in [-0.05, 0) is 35.4 Å². The molecular weight excluding hydrogens is 392 g/mol. The van der Waals surface area contributed by atoms with Crippen LogP contribution in [0.3, 0.4) is 0 Å². The largest absolute Gasteiger partial charge is 0.491 e. The molecule has 0 saturated heterocycles. The van der Waals surface area contributed by atoms with E-state index in [9.17, 15) is 4.79 Å². The summed E-state index contributed by atoms with van der Waals surface area (Å²) in [6.45, 7) is 2.08. The number of hydrogen-bond donors (Lipinski definition) is 1. The number of rotatable bonds is 9. The smallest absolute Gasteiger partial charge is 0.257 e. The third kappa shape index (κ3) is 4.36. The maximum Gasteiger partial charge on any atom is 0.257 e. The molecule has 6 nitrogen and oxygen atoms in total. The van der Waals surface area contributed by atoms with Gasteiger partial charge in [-0.15, -0.1) is 0 Å². The van der Waals surface area contributed by atoms with Crippen LogP contribution >= 0.6 is 0 Å². The molecule has 1 unspecified atom stereocenters. The minimum Gasteiger partial charge on any atom is -0.491 e. The van der Waals surface area contributed by atoms with Crippen LogP contribution < -0.4 is 10.1 Å². The zero-order valence-corrected chi connectivity index (χ0v) is 18.0. The average Bonchev–Trinajstić information content (AvgIpc) is 2.80. The van der Waals surface area contributed by atoms with Gasteiger partial charge in [-0.3, -0.25) is 4.79 Å². The molecule has 0 aromatic heterocycles. The van der Waals surface area contributed by atoms with Gasteiger partial charge < -0.3 is 24.4 Å². The molecule has 1 amide bonds. The van der Waals surface area contributed by atoms with E-state index in [1.54, 1.807) is 14.2 Å². The van der Waals surface area contributed by atoms with Gasteiger partial charge in [0.2, 0.25) is 0 Å². The van der Waals surface area contributed by atoms with E-state index in [1.165, 1.54) is 0 Å². The molecule has 1 aliphatic heterocycles. The van der Waals surface area contributed by atoms with Crippen molar-refractivity contribution in [2.24, 2.45) is 0 Å². The fourth-order valence-electron chi connectivity index (χ4n) is 4.05. The molecular formula is C25H28N2O4. The lowest BCUT2D eigenvalue weighted by molar-refractivity contribution is 0.0657. The van der Waals surface area contributed by atoms with Crippen LogP contribution in [0.4, 0.5) is 5.69 Å². The highest BCUT2D eigenvalue weighted by Crippen LogP contribution is 2.40. The lowest BCUT2D eigenvalue weighted by atomic mass is 9.97. The normalized spacial score (nSPS) is 15.6. The van der Waals surface area contributed by atoms with Crippen molar-refractivity contribution in [3.05, 3.63) is 71.8 Å². The Morgan fingerprint density at radius 3 is 2.52 bits per heavy atom.